The molecular weight excluding hydrogens is 985 g/mol. The number of amides is 11. The predicted octanol–water partition coefficient (Wildman–Crippen LogP) is -0.969. The molecule has 11 amide bonds. The molecule has 1 aromatic carbocycles. The Bertz CT molecular complexity index is 2390. The quantitative estimate of drug-likeness (QED) is 0.0246. The summed E-state index contributed by atoms with van der Waals surface area (Å²) in [4.78, 5) is 140. The number of nitrogens with one attached hydrogen (secondary N) is 8. The third-order valence-corrected chi connectivity index (χ3v) is 14.9. The van der Waals surface area contributed by atoms with Gasteiger partial charge in [0.05, 0.1) is 31.5 Å². The van der Waals surface area contributed by atoms with Gasteiger partial charge in [-0.05, 0) is 62.2 Å². The molecule has 0 bridgehead atoms. The van der Waals surface area contributed by atoms with Gasteiger partial charge in [0.2, 0.25) is 29.5 Å². The lowest BCUT2D eigenvalue weighted by Gasteiger charge is -2.38. The van der Waals surface area contributed by atoms with Crippen LogP contribution >= 0.6 is 24.0 Å². The zero-order valence-corrected chi connectivity index (χ0v) is 42.0. The van der Waals surface area contributed by atoms with Crippen LogP contribution in [0, 0.1) is 0 Å². The number of hydrogen-bond donors (Lipinski definition) is 8. The Balaban J connectivity index is 0.764. The van der Waals surface area contributed by atoms with Gasteiger partial charge >= 0.3 is 17.8 Å². The van der Waals surface area contributed by atoms with Gasteiger partial charge in [-0.2, -0.15) is 11.8 Å². The number of aromatic nitrogens is 2. The Morgan fingerprint density at radius 2 is 1.30 bits per heavy atom. The first-order chi connectivity index (χ1) is 35.2. The minimum atomic E-state index is -0.807. The maximum absolute atomic E-state index is 14.0. The first-order valence-corrected chi connectivity index (χ1v) is 26.0. The van der Waals surface area contributed by atoms with Crippen molar-refractivity contribution >= 4 is 99.7 Å². The van der Waals surface area contributed by atoms with Gasteiger partial charge in [0.25, 0.3) is 11.8 Å². The summed E-state index contributed by atoms with van der Waals surface area (Å²) in [5.74, 6) is -2.84. The number of thioether (sulfide) groups is 1. The number of imidazole rings is 1. The molecule has 4 atom stereocenters. The summed E-state index contributed by atoms with van der Waals surface area (Å²) in [7, 11) is 0. The number of urea groups is 1. The van der Waals surface area contributed by atoms with Gasteiger partial charge in [0.15, 0.2) is 5.11 Å². The van der Waals surface area contributed by atoms with E-state index in [0.29, 0.717) is 48.0 Å². The van der Waals surface area contributed by atoms with Crippen LogP contribution in [0.4, 0.5) is 16.2 Å². The normalized spacial score (nSPS) is 19.7. The van der Waals surface area contributed by atoms with Gasteiger partial charge in [-0.1, -0.05) is 12.8 Å². The van der Waals surface area contributed by atoms with Gasteiger partial charge in [0, 0.05) is 125 Å². The van der Waals surface area contributed by atoms with E-state index >= 15 is 0 Å². The van der Waals surface area contributed by atoms with Crippen LogP contribution in [0.1, 0.15) is 57.1 Å². The Morgan fingerprint density at radius 1 is 0.699 bits per heavy atom. The van der Waals surface area contributed by atoms with Crippen molar-refractivity contribution in [2.75, 3.05) is 88.4 Å². The highest BCUT2D eigenvalue weighted by Crippen LogP contribution is 2.33. The van der Waals surface area contributed by atoms with E-state index < -0.39 is 23.8 Å². The minimum Gasteiger partial charge on any atom is -0.350 e. The van der Waals surface area contributed by atoms with Gasteiger partial charge in [-0.15, -0.1) is 0 Å². The number of rotatable bonds is 21. The van der Waals surface area contributed by atoms with Gasteiger partial charge in [-0.3, -0.25) is 48.1 Å². The van der Waals surface area contributed by atoms with Crippen LogP contribution in [0.3, 0.4) is 0 Å². The first-order valence-electron chi connectivity index (χ1n) is 24.6. The Kier molecular flexibility index (Phi) is 19.2. The minimum absolute atomic E-state index is 0.0915. The van der Waals surface area contributed by atoms with E-state index in [1.54, 1.807) is 35.4 Å². The number of anilines is 2. The molecule has 5 aliphatic heterocycles. The number of unbranched alkanes of at least 4 members (excludes halogenated alkanes) is 3. The average molecular weight is 1050 g/mol. The highest BCUT2D eigenvalue weighted by molar-refractivity contribution is 8.00. The van der Waals surface area contributed by atoms with Crippen LogP contribution in [0.15, 0.2) is 48.9 Å². The molecule has 0 radical (unpaired) electrons. The number of piperazine rings is 2. The number of hydrogen-bond acceptors (Lipinski definition) is 13. The molecule has 0 unspecified atom stereocenters. The Hall–Kier alpha value is -7.09. The molecule has 26 heteroatoms. The van der Waals surface area contributed by atoms with E-state index in [1.165, 1.54) is 33.2 Å². The third kappa shape index (κ3) is 15.5. The first kappa shape index (κ1) is 53.7. The largest absolute Gasteiger partial charge is 0.350 e. The molecule has 0 spiro atoms. The van der Waals surface area contributed by atoms with E-state index in [4.69, 9.17) is 12.2 Å². The molecule has 73 heavy (non-hydrogen) atoms. The van der Waals surface area contributed by atoms with Crippen molar-refractivity contribution in [2.45, 2.75) is 81.2 Å². The molecule has 6 heterocycles. The summed E-state index contributed by atoms with van der Waals surface area (Å²) in [6, 6.07) is 6.45. The summed E-state index contributed by atoms with van der Waals surface area (Å²) in [6.07, 6.45) is 10.5. The molecule has 2 aromatic rings. The molecule has 392 valence electrons. The van der Waals surface area contributed by atoms with Crippen molar-refractivity contribution in [3.63, 3.8) is 0 Å². The summed E-state index contributed by atoms with van der Waals surface area (Å²) in [5.41, 5.74) is 1.95. The fourth-order valence-electron chi connectivity index (χ4n) is 9.06. The number of carbonyl (C=O) groups is 10. The molecule has 4 saturated heterocycles. The van der Waals surface area contributed by atoms with E-state index in [1.807, 2.05) is 11.8 Å². The number of thiocarbonyl (C=S) groups is 1. The average Bonchev–Trinajstić information content (AvgIpc) is 4.20. The maximum atomic E-state index is 14.0. The summed E-state index contributed by atoms with van der Waals surface area (Å²) in [6.45, 7) is 0.773. The van der Waals surface area contributed by atoms with Gasteiger partial charge < -0.3 is 61.8 Å². The van der Waals surface area contributed by atoms with Crippen LogP contribution in [-0.4, -0.2) is 200 Å². The summed E-state index contributed by atoms with van der Waals surface area (Å²) in [5, 5.41) is 20.6. The zero-order valence-electron chi connectivity index (χ0n) is 40.4. The lowest BCUT2D eigenvalue weighted by Crippen LogP contribution is -2.59. The Morgan fingerprint density at radius 3 is 1.96 bits per heavy atom. The van der Waals surface area contributed by atoms with Crippen molar-refractivity contribution in [1.29, 1.82) is 0 Å². The van der Waals surface area contributed by atoms with Crippen molar-refractivity contribution in [1.82, 2.24) is 61.1 Å². The third-order valence-electron chi connectivity index (χ3n) is 13.1. The molecule has 0 aliphatic carbocycles. The highest BCUT2D eigenvalue weighted by Gasteiger charge is 2.42. The smallest absolute Gasteiger partial charge is 0.315 e. The second-order valence-corrected chi connectivity index (χ2v) is 19.9. The topological polar surface area (TPSA) is 300 Å². The number of imide groups is 1. The number of nitrogens with zero attached hydrogens (tertiary/aromatic N) is 6. The van der Waals surface area contributed by atoms with Crippen LogP contribution in [0.2, 0.25) is 0 Å². The number of benzene rings is 1. The molecule has 8 N–H and O–H groups in total. The van der Waals surface area contributed by atoms with Crippen LogP contribution < -0.4 is 37.2 Å². The molecule has 0 saturated carbocycles. The molecule has 1 aromatic heterocycles. The number of fused-ring (bicyclic) bond motifs is 1. The summed E-state index contributed by atoms with van der Waals surface area (Å²) >= 11 is 7.48. The van der Waals surface area contributed by atoms with Gasteiger partial charge in [-0.25, -0.2) is 9.78 Å². The van der Waals surface area contributed by atoms with Gasteiger partial charge in [0.1, 0.15) is 6.04 Å². The standard InChI is InChI=1S/C47H62N14O10S2/c62-36(7-2-1-5-15-61-39(65)13-14-40(61)66)49-26-38(64)50-27-41(67)57-16-18-59(19-17-57)44(69)45(70)60-22-20-58(21-23-60)43(68)33(24-32-25-48-29-51-32)55-47(72)53-31-11-9-30(10-12-31)52-37(63)8-4-3-6-35-42-34(28-73-35)54-46(71)56-42/h9-14,25,29,33-35,42H,1-8,15-24,26-28H2,(H,48,51)(H,49,62)(H,50,64)(H,52,63)(H2,53,55,72)(H2,54,56,71)/t33-,34-,35-,42-/m0/s1. The molecular formula is C47H62N14O10S2. The summed E-state index contributed by atoms with van der Waals surface area (Å²) < 4.78 is 0. The zero-order chi connectivity index (χ0) is 51.9. The van der Waals surface area contributed by atoms with Crippen LogP contribution in [0.25, 0.3) is 0 Å². The fourth-order valence-corrected chi connectivity index (χ4v) is 10.9. The Labute approximate surface area is 431 Å². The number of aromatic amines is 1. The van der Waals surface area contributed by atoms with E-state index in [2.05, 4.69) is 47.2 Å². The van der Waals surface area contributed by atoms with E-state index in [9.17, 15) is 47.9 Å². The van der Waals surface area contributed by atoms with Crippen LogP contribution in [0.5, 0.6) is 0 Å². The lowest BCUT2D eigenvalue weighted by molar-refractivity contribution is -0.155. The number of carbonyl (C=O) groups excluding carboxylic acids is 10. The fraction of sp³-hybridized carbons (Fsp3) is 0.532. The maximum Gasteiger partial charge on any atom is 0.315 e. The molecule has 5 aliphatic rings. The van der Waals surface area contributed by atoms with Crippen LogP contribution in [-0.2, 0) is 49.6 Å². The monoisotopic (exact) mass is 1050 g/mol. The predicted molar refractivity (Wildman–Crippen MR) is 271 cm³/mol. The van der Waals surface area contributed by atoms with E-state index in [-0.39, 0.29) is 144 Å². The highest BCUT2D eigenvalue weighted by atomic mass is 32.2. The second kappa shape index (κ2) is 26.0. The molecule has 24 nitrogen and oxygen atoms in total. The molecule has 7 rings (SSSR count). The SMILES string of the molecule is O=C(CCCCCN1C(=O)C=CC1=O)NCC(=O)NCC(=O)N1CCN(C(=O)C(=O)N2CCN(C(=O)[C@H](Cc3cnc[nH]3)NC(=S)Nc3ccc(NC(=O)CCCC[C@@H]4SC[C@@H]5NC(=O)N[C@@H]54)cc3)CC2)CC1. The van der Waals surface area contributed by atoms with Crippen molar-refractivity contribution in [2.24, 2.45) is 0 Å². The van der Waals surface area contributed by atoms with Crippen molar-refractivity contribution < 1.29 is 47.9 Å². The van der Waals surface area contributed by atoms with Crippen molar-refractivity contribution in [3.8, 4) is 0 Å². The van der Waals surface area contributed by atoms with Crippen molar-refractivity contribution in [3.05, 3.63) is 54.6 Å². The molecule has 4 fully saturated rings. The lowest BCUT2D eigenvalue weighted by atomic mass is 10.0. The second-order valence-electron chi connectivity index (χ2n) is 18.2. The van der Waals surface area contributed by atoms with E-state index in [0.717, 1.165) is 29.9 Å². The number of H-pyrrole nitrogens is 1.